The maximum absolute atomic E-state index is 10.8. The van der Waals surface area contributed by atoms with Gasteiger partial charge in [0.25, 0.3) is 0 Å². The summed E-state index contributed by atoms with van der Waals surface area (Å²) in [6, 6.07) is 0. The molecule has 6 nitrogen and oxygen atoms in total. The molecule has 0 amide bonds. The molecule has 190 valence electrons. The fraction of sp³-hybridized carbons (Fsp3) is 0.885. The zero-order chi connectivity index (χ0) is 24.1. The Bertz CT molecular complexity index is 411. The lowest BCUT2D eigenvalue weighted by Crippen LogP contribution is -1.99. The summed E-state index contributed by atoms with van der Waals surface area (Å²) < 4.78 is 9.14. The van der Waals surface area contributed by atoms with Crippen LogP contribution in [0.3, 0.4) is 0 Å². The van der Waals surface area contributed by atoms with Crippen molar-refractivity contribution in [2.24, 2.45) is 0 Å². The van der Waals surface area contributed by atoms with Crippen molar-refractivity contribution in [2.75, 3.05) is 20.8 Å². The van der Waals surface area contributed by atoms with E-state index in [0.29, 0.717) is 25.9 Å². The summed E-state index contributed by atoms with van der Waals surface area (Å²) >= 11 is 0. The van der Waals surface area contributed by atoms with Gasteiger partial charge in [0, 0.05) is 25.9 Å². The highest BCUT2D eigenvalue weighted by Crippen LogP contribution is 2.11. The number of rotatable bonds is 22. The van der Waals surface area contributed by atoms with E-state index in [1.54, 1.807) is 0 Å². The topological polar surface area (TPSA) is 89.9 Å². The number of hydrogen-bond donors (Lipinski definition) is 1. The van der Waals surface area contributed by atoms with Gasteiger partial charge < -0.3 is 19.4 Å². The van der Waals surface area contributed by atoms with Crippen LogP contribution in [-0.4, -0.2) is 44.2 Å². The number of carbonyl (C=O) groups is 3. The third-order valence-electron chi connectivity index (χ3n) is 5.45. The Hall–Kier alpha value is -1.43. The van der Waals surface area contributed by atoms with Crippen LogP contribution in [0.4, 0.5) is 0 Å². The van der Waals surface area contributed by atoms with Crippen molar-refractivity contribution >= 4 is 18.2 Å². The van der Waals surface area contributed by atoms with Crippen LogP contribution in [0.1, 0.15) is 128 Å². The molecule has 0 heterocycles. The van der Waals surface area contributed by atoms with Gasteiger partial charge in [0.2, 0.25) is 0 Å². The van der Waals surface area contributed by atoms with Crippen molar-refractivity contribution in [3.63, 3.8) is 0 Å². The molecule has 0 aliphatic rings. The number of methoxy groups -OCH3 is 2. The molecular weight excluding hydrogens is 408 g/mol. The van der Waals surface area contributed by atoms with Gasteiger partial charge in [0.05, 0.1) is 14.2 Å². The molecule has 0 atom stereocenters. The van der Waals surface area contributed by atoms with Crippen LogP contribution < -0.4 is 0 Å². The molecule has 0 radical (unpaired) electrons. The second-order valence-corrected chi connectivity index (χ2v) is 8.34. The Labute approximate surface area is 196 Å². The zero-order valence-electron chi connectivity index (χ0n) is 20.9. The largest absolute Gasteiger partial charge is 0.469 e. The van der Waals surface area contributed by atoms with E-state index in [2.05, 4.69) is 9.47 Å². The lowest BCUT2D eigenvalue weighted by Gasteiger charge is -2.01. The minimum absolute atomic E-state index is 0.0935. The summed E-state index contributed by atoms with van der Waals surface area (Å²) in [6.45, 7) is 0.327. The molecule has 0 saturated carbocycles. The minimum Gasteiger partial charge on any atom is -0.469 e. The van der Waals surface area contributed by atoms with Crippen molar-refractivity contribution < 1.29 is 29.0 Å². The average molecular weight is 459 g/mol. The van der Waals surface area contributed by atoms with Crippen molar-refractivity contribution in [3.05, 3.63) is 0 Å². The van der Waals surface area contributed by atoms with Crippen molar-refractivity contribution in [1.82, 2.24) is 0 Å². The van der Waals surface area contributed by atoms with Crippen molar-refractivity contribution in [3.8, 4) is 0 Å². The average Bonchev–Trinajstić information content (AvgIpc) is 2.81. The van der Waals surface area contributed by atoms with Gasteiger partial charge in [-0.1, -0.05) is 83.5 Å². The zero-order valence-corrected chi connectivity index (χ0v) is 20.9. The first-order valence-corrected chi connectivity index (χ1v) is 12.8. The molecule has 0 bridgehead atoms. The van der Waals surface area contributed by atoms with Gasteiger partial charge in [0.1, 0.15) is 6.29 Å². The number of carbonyl (C=O) groups excluding carboxylic acids is 3. The number of aliphatic hydroxyl groups is 1. The number of hydrogen-bond acceptors (Lipinski definition) is 6. The number of aldehydes is 1. The smallest absolute Gasteiger partial charge is 0.305 e. The van der Waals surface area contributed by atoms with Crippen LogP contribution >= 0.6 is 0 Å². The highest BCUT2D eigenvalue weighted by molar-refractivity contribution is 5.69. The standard InChI is InChI=1S/C13H26O3.C13H24O3/c2*1-16-13(15)11-9-7-5-3-2-4-6-8-10-12-14/h14H,2-12H2,1H3;12H,2-11H2,1H3. The summed E-state index contributed by atoms with van der Waals surface area (Å²) in [4.78, 5) is 31.7. The minimum atomic E-state index is -0.103. The van der Waals surface area contributed by atoms with Gasteiger partial charge in [-0.05, 0) is 25.7 Å². The summed E-state index contributed by atoms with van der Waals surface area (Å²) in [7, 11) is 2.87. The predicted octanol–water partition coefficient (Wildman–Crippen LogP) is 6.31. The number of aliphatic hydroxyl groups excluding tert-OH is 1. The van der Waals surface area contributed by atoms with E-state index in [1.807, 2.05) is 0 Å². The molecule has 0 unspecified atom stereocenters. The van der Waals surface area contributed by atoms with Crippen LogP contribution in [0.2, 0.25) is 0 Å². The third kappa shape index (κ3) is 30.8. The van der Waals surface area contributed by atoms with E-state index < -0.39 is 0 Å². The summed E-state index contributed by atoms with van der Waals surface area (Å²) in [5, 5.41) is 8.59. The van der Waals surface area contributed by atoms with E-state index in [-0.39, 0.29) is 11.9 Å². The molecular formula is C26H50O6. The molecule has 6 heteroatoms. The fourth-order valence-corrected chi connectivity index (χ4v) is 3.38. The third-order valence-corrected chi connectivity index (χ3v) is 5.45. The van der Waals surface area contributed by atoms with Gasteiger partial charge >= 0.3 is 11.9 Å². The van der Waals surface area contributed by atoms with Crippen LogP contribution in [0.5, 0.6) is 0 Å². The lowest BCUT2D eigenvalue weighted by atomic mass is 10.1. The quantitative estimate of drug-likeness (QED) is 0.116. The van der Waals surface area contributed by atoms with Gasteiger partial charge in [-0.15, -0.1) is 0 Å². The molecule has 1 N–H and O–H groups in total. The van der Waals surface area contributed by atoms with Gasteiger partial charge in [-0.3, -0.25) is 9.59 Å². The van der Waals surface area contributed by atoms with Gasteiger partial charge in [0.15, 0.2) is 0 Å². The summed E-state index contributed by atoms with van der Waals surface area (Å²) in [5.41, 5.74) is 0. The van der Waals surface area contributed by atoms with Crippen LogP contribution in [0, 0.1) is 0 Å². The van der Waals surface area contributed by atoms with Crippen LogP contribution in [-0.2, 0) is 23.9 Å². The second kappa shape index (κ2) is 29.6. The van der Waals surface area contributed by atoms with Crippen LogP contribution in [0.25, 0.3) is 0 Å². The first-order chi connectivity index (χ1) is 15.6. The molecule has 0 aromatic heterocycles. The first kappa shape index (κ1) is 32.7. The van der Waals surface area contributed by atoms with E-state index >= 15 is 0 Å². The van der Waals surface area contributed by atoms with E-state index in [1.165, 1.54) is 78.4 Å². The maximum atomic E-state index is 10.8. The van der Waals surface area contributed by atoms with Gasteiger partial charge in [-0.2, -0.15) is 0 Å². The Balaban J connectivity index is 0. The maximum Gasteiger partial charge on any atom is 0.305 e. The molecule has 0 aliphatic carbocycles. The molecule has 0 aromatic rings. The normalized spacial score (nSPS) is 10.2. The molecule has 0 fully saturated rings. The summed E-state index contributed by atoms with van der Waals surface area (Å²) in [6.07, 6.45) is 22.4. The molecule has 0 saturated heterocycles. The Kier molecular flexibility index (Phi) is 30.3. The van der Waals surface area contributed by atoms with E-state index in [9.17, 15) is 14.4 Å². The predicted molar refractivity (Wildman–Crippen MR) is 130 cm³/mol. The molecule has 0 aromatic carbocycles. The first-order valence-electron chi connectivity index (χ1n) is 12.8. The van der Waals surface area contributed by atoms with E-state index in [4.69, 9.17) is 5.11 Å². The number of unbranched alkanes of at least 4 members (excludes halogenated alkanes) is 16. The Morgan fingerprint density at radius 1 is 0.562 bits per heavy atom. The molecule has 32 heavy (non-hydrogen) atoms. The van der Waals surface area contributed by atoms with E-state index in [0.717, 1.165) is 51.2 Å². The second-order valence-electron chi connectivity index (χ2n) is 8.34. The highest BCUT2D eigenvalue weighted by atomic mass is 16.5. The monoisotopic (exact) mass is 458 g/mol. The van der Waals surface area contributed by atoms with Crippen LogP contribution in [0.15, 0.2) is 0 Å². The number of esters is 2. The Morgan fingerprint density at radius 3 is 1.19 bits per heavy atom. The SMILES string of the molecule is COC(=O)CCCCCCCCCCC=O.COC(=O)CCCCCCCCCCCO. The molecule has 0 rings (SSSR count). The van der Waals surface area contributed by atoms with Gasteiger partial charge in [-0.25, -0.2) is 0 Å². The van der Waals surface area contributed by atoms with Crippen molar-refractivity contribution in [2.45, 2.75) is 128 Å². The summed E-state index contributed by atoms with van der Waals surface area (Å²) in [5.74, 6) is -0.196. The highest BCUT2D eigenvalue weighted by Gasteiger charge is 2.00. The molecule has 0 spiro atoms. The Morgan fingerprint density at radius 2 is 0.875 bits per heavy atom. The number of ether oxygens (including phenoxy) is 2. The lowest BCUT2D eigenvalue weighted by molar-refractivity contribution is -0.141. The molecule has 0 aliphatic heterocycles. The fourth-order valence-electron chi connectivity index (χ4n) is 3.38. The van der Waals surface area contributed by atoms with Crippen molar-refractivity contribution in [1.29, 1.82) is 0 Å².